The van der Waals surface area contributed by atoms with Gasteiger partial charge in [0.1, 0.15) is 5.78 Å². The van der Waals surface area contributed by atoms with E-state index in [0.29, 0.717) is 6.42 Å². The molecule has 0 aromatic carbocycles. The number of carbonyl (C=O) groups excluding carboxylic acids is 1. The predicted molar refractivity (Wildman–Crippen MR) is 56.6 cm³/mol. The summed E-state index contributed by atoms with van der Waals surface area (Å²) >= 11 is 1.54. The van der Waals surface area contributed by atoms with Gasteiger partial charge in [0.15, 0.2) is 0 Å². The Balaban J connectivity index is 2.12. The summed E-state index contributed by atoms with van der Waals surface area (Å²) in [4.78, 5) is 12.3. The molecule has 2 nitrogen and oxygen atoms in total. The van der Waals surface area contributed by atoms with Crippen LogP contribution in [-0.4, -0.2) is 25.0 Å². The SMILES string of the molecule is O=C(CCc1cccs1)CNCC(F)(F)F. The smallest absolute Gasteiger partial charge is 0.302 e. The van der Waals surface area contributed by atoms with Gasteiger partial charge in [-0.15, -0.1) is 11.3 Å². The summed E-state index contributed by atoms with van der Waals surface area (Å²) in [7, 11) is 0. The third-order valence-electron chi connectivity index (χ3n) is 1.88. The molecule has 1 rings (SSSR count). The molecule has 1 heterocycles. The van der Waals surface area contributed by atoms with Gasteiger partial charge in [0, 0.05) is 11.3 Å². The van der Waals surface area contributed by atoms with Crippen LogP contribution in [0, 0.1) is 0 Å². The Hall–Kier alpha value is -0.880. The summed E-state index contributed by atoms with van der Waals surface area (Å²) < 4.78 is 35.2. The van der Waals surface area contributed by atoms with Crippen LogP contribution in [0.15, 0.2) is 17.5 Å². The van der Waals surface area contributed by atoms with E-state index in [9.17, 15) is 18.0 Å². The largest absolute Gasteiger partial charge is 0.401 e. The minimum Gasteiger partial charge on any atom is -0.302 e. The minimum atomic E-state index is -4.26. The summed E-state index contributed by atoms with van der Waals surface area (Å²) in [6.45, 7) is -1.33. The Morgan fingerprint density at radius 2 is 2.19 bits per heavy atom. The molecule has 1 aromatic heterocycles. The second-order valence-corrected chi connectivity index (χ2v) is 4.37. The van der Waals surface area contributed by atoms with Crippen LogP contribution in [0.1, 0.15) is 11.3 Å². The number of hydrogen-bond acceptors (Lipinski definition) is 3. The van der Waals surface area contributed by atoms with Crippen molar-refractivity contribution >= 4 is 17.1 Å². The third-order valence-corrected chi connectivity index (χ3v) is 2.81. The first kappa shape index (κ1) is 13.2. The molecule has 0 aliphatic rings. The Labute approximate surface area is 95.5 Å². The van der Waals surface area contributed by atoms with Crippen molar-refractivity contribution in [3.05, 3.63) is 22.4 Å². The number of carbonyl (C=O) groups is 1. The Morgan fingerprint density at radius 1 is 1.44 bits per heavy atom. The molecule has 0 spiro atoms. The Morgan fingerprint density at radius 3 is 2.75 bits per heavy atom. The molecule has 1 aromatic rings. The lowest BCUT2D eigenvalue weighted by Gasteiger charge is -2.07. The van der Waals surface area contributed by atoms with Gasteiger partial charge >= 0.3 is 6.18 Å². The number of thiophene rings is 1. The number of ketones is 1. The number of Topliss-reactive ketones (excluding diaryl/α,β-unsaturated/α-hetero) is 1. The van der Waals surface area contributed by atoms with Gasteiger partial charge in [-0.1, -0.05) is 6.07 Å². The normalized spacial score (nSPS) is 11.7. The molecule has 6 heteroatoms. The van der Waals surface area contributed by atoms with Gasteiger partial charge in [0.05, 0.1) is 13.1 Å². The standard InChI is InChI=1S/C10H12F3NOS/c11-10(12,13)7-14-6-8(15)3-4-9-2-1-5-16-9/h1-2,5,14H,3-4,6-7H2. The zero-order valence-corrected chi connectivity index (χ0v) is 9.33. The fraction of sp³-hybridized carbons (Fsp3) is 0.500. The Bertz CT molecular complexity index is 321. The number of nitrogens with one attached hydrogen (secondary N) is 1. The molecule has 0 bridgehead atoms. The first-order valence-corrected chi connectivity index (χ1v) is 5.67. The van der Waals surface area contributed by atoms with E-state index in [0.717, 1.165) is 4.88 Å². The van der Waals surface area contributed by atoms with E-state index in [1.165, 1.54) is 0 Å². The molecule has 0 saturated heterocycles. The molecule has 0 radical (unpaired) electrons. The van der Waals surface area contributed by atoms with Crippen LogP contribution >= 0.6 is 11.3 Å². The van der Waals surface area contributed by atoms with Crippen LogP contribution in [0.3, 0.4) is 0 Å². The zero-order valence-electron chi connectivity index (χ0n) is 8.51. The van der Waals surface area contributed by atoms with E-state index < -0.39 is 12.7 Å². The number of alkyl halides is 3. The number of aryl methyl sites for hydroxylation is 1. The van der Waals surface area contributed by atoms with Gasteiger partial charge in [-0.2, -0.15) is 13.2 Å². The number of rotatable bonds is 6. The van der Waals surface area contributed by atoms with Crippen molar-refractivity contribution in [3.63, 3.8) is 0 Å². The second-order valence-electron chi connectivity index (χ2n) is 3.34. The summed E-state index contributed by atoms with van der Waals surface area (Å²) in [5.41, 5.74) is 0. The lowest BCUT2D eigenvalue weighted by atomic mass is 10.2. The molecule has 0 atom stereocenters. The van der Waals surface area contributed by atoms with Crippen LogP contribution in [0.25, 0.3) is 0 Å². The van der Waals surface area contributed by atoms with E-state index in [-0.39, 0.29) is 18.7 Å². The molecule has 0 amide bonds. The number of hydrogen-bond donors (Lipinski definition) is 1. The van der Waals surface area contributed by atoms with E-state index in [1.54, 1.807) is 11.3 Å². The lowest BCUT2D eigenvalue weighted by molar-refractivity contribution is -0.127. The van der Waals surface area contributed by atoms with Crippen molar-refractivity contribution in [1.82, 2.24) is 5.32 Å². The maximum Gasteiger partial charge on any atom is 0.401 e. The van der Waals surface area contributed by atoms with Crippen molar-refractivity contribution in [3.8, 4) is 0 Å². The highest BCUT2D eigenvalue weighted by atomic mass is 32.1. The van der Waals surface area contributed by atoms with Gasteiger partial charge in [-0.25, -0.2) is 0 Å². The average molecular weight is 251 g/mol. The summed E-state index contributed by atoms with van der Waals surface area (Å²) in [5.74, 6) is -0.197. The lowest BCUT2D eigenvalue weighted by Crippen LogP contribution is -2.32. The first-order chi connectivity index (χ1) is 7.47. The monoisotopic (exact) mass is 251 g/mol. The maximum absolute atomic E-state index is 11.7. The van der Waals surface area contributed by atoms with Gasteiger partial charge < -0.3 is 5.32 Å². The maximum atomic E-state index is 11.7. The van der Waals surface area contributed by atoms with Crippen molar-refractivity contribution in [2.75, 3.05) is 13.1 Å². The van der Waals surface area contributed by atoms with Crippen molar-refractivity contribution in [2.24, 2.45) is 0 Å². The third kappa shape index (κ3) is 5.87. The molecule has 0 saturated carbocycles. The van der Waals surface area contributed by atoms with E-state index in [4.69, 9.17) is 0 Å². The van der Waals surface area contributed by atoms with Gasteiger partial charge in [-0.3, -0.25) is 4.79 Å². The van der Waals surface area contributed by atoms with Crippen molar-refractivity contribution < 1.29 is 18.0 Å². The molecule has 1 N–H and O–H groups in total. The van der Waals surface area contributed by atoms with Crippen molar-refractivity contribution in [2.45, 2.75) is 19.0 Å². The van der Waals surface area contributed by atoms with Crippen molar-refractivity contribution in [1.29, 1.82) is 0 Å². The van der Waals surface area contributed by atoms with E-state index in [1.807, 2.05) is 17.5 Å². The molecule has 0 aliphatic heterocycles. The summed E-state index contributed by atoms with van der Waals surface area (Å²) in [6, 6.07) is 3.79. The van der Waals surface area contributed by atoms with Crippen LogP contribution in [0.5, 0.6) is 0 Å². The van der Waals surface area contributed by atoms with Crippen LogP contribution in [0.2, 0.25) is 0 Å². The number of halogens is 3. The highest BCUT2D eigenvalue weighted by Crippen LogP contribution is 2.12. The molecular weight excluding hydrogens is 239 g/mol. The molecule has 16 heavy (non-hydrogen) atoms. The fourth-order valence-corrected chi connectivity index (χ4v) is 1.86. The van der Waals surface area contributed by atoms with Crippen LogP contribution in [-0.2, 0) is 11.2 Å². The topological polar surface area (TPSA) is 29.1 Å². The molecule has 0 fully saturated rings. The quantitative estimate of drug-likeness (QED) is 0.841. The first-order valence-electron chi connectivity index (χ1n) is 4.79. The van der Waals surface area contributed by atoms with Gasteiger partial charge in [0.25, 0.3) is 0 Å². The van der Waals surface area contributed by atoms with Crippen LogP contribution < -0.4 is 5.32 Å². The predicted octanol–water partition coefficient (Wildman–Crippen LogP) is 2.40. The Kier molecular flexibility index (Phi) is 4.95. The average Bonchev–Trinajstić information content (AvgIpc) is 2.65. The molecular formula is C10H12F3NOS. The highest BCUT2D eigenvalue weighted by Gasteiger charge is 2.26. The van der Waals surface area contributed by atoms with Crippen LogP contribution in [0.4, 0.5) is 13.2 Å². The molecule has 90 valence electrons. The zero-order chi connectivity index (χ0) is 12.0. The molecule has 0 aliphatic carbocycles. The van der Waals surface area contributed by atoms with E-state index >= 15 is 0 Å². The van der Waals surface area contributed by atoms with Gasteiger partial charge in [-0.05, 0) is 17.9 Å². The minimum absolute atomic E-state index is 0.197. The molecule has 0 unspecified atom stereocenters. The summed E-state index contributed by atoms with van der Waals surface area (Å²) in [6.07, 6.45) is -3.37. The van der Waals surface area contributed by atoms with Gasteiger partial charge in [0.2, 0.25) is 0 Å². The summed E-state index contributed by atoms with van der Waals surface area (Å²) in [5, 5.41) is 3.99. The van der Waals surface area contributed by atoms with E-state index in [2.05, 4.69) is 5.32 Å². The highest BCUT2D eigenvalue weighted by molar-refractivity contribution is 7.09. The fourth-order valence-electron chi connectivity index (χ4n) is 1.15. The second kappa shape index (κ2) is 6.00.